The lowest BCUT2D eigenvalue weighted by molar-refractivity contribution is 0.127. The highest BCUT2D eigenvalue weighted by molar-refractivity contribution is 5.84. The van der Waals surface area contributed by atoms with E-state index in [2.05, 4.69) is 46.4 Å². The maximum atomic E-state index is 10.1. The Bertz CT molecular complexity index is 1200. The zero-order valence-corrected chi connectivity index (χ0v) is 21.3. The number of nitrogens with one attached hydrogen (secondary N) is 1. The molecule has 0 bridgehead atoms. The van der Waals surface area contributed by atoms with E-state index in [1.54, 1.807) is 6.20 Å². The Morgan fingerprint density at radius 2 is 1.92 bits per heavy atom. The van der Waals surface area contributed by atoms with Crippen LogP contribution in [0.2, 0.25) is 0 Å². The van der Waals surface area contributed by atoms with Crippen molar-refractivity contribution in [2.45, 2.75) is 77.4 Å². The monoisotopic (exact) mass is 489 g/mol. The molecule has 5 rings (SSSR count). The van der Waals surface area contributed by atoms with Crippen LogP contribution in [0.15, 0.2) is 53.8 Å². The third kappa shape index (κ3) is 5.36. The molecule has 0 spiro atoms. The number of rotatable bonds is 6. The minimum atomic E-state index is -0.0654. The molecule has 3 aromatic rings. The van der Waals surface area contributed by atoms with Crippen LogP contribution in [0.1, 0.15) is 64.1 Å². The number of fused-ring (bicyclic) bond motifs is 1. The van der Waals surface area contributed by atoms with Crippen molar-refractivity contribution in [1.82, 2.24) is 30.4 Å². The molecule has 190 valence electrons. The van der Waals surface area contributed by atoms with E-state index in [4.69, 9.17) is 9.73 Å². The Morgan fingerprint density at radius 3 is 2.61 bits per heavy atom. The molecular formula is C27H35N7O2. The number of para-hydroxylation sites is 1. The van der Waals surface area contributed by atoms with Crippen molar-refractivity contribution >= 4 is 11.6 Å². The Balaban J connectivity index is 1.44. The van der Waals surface area contributed by atoms with Crippen LogP contribution in [0.25, 0.3) is 0 Å². The lowest BCUT2D eigenvalue weighted by atomic mass is 9.83. The molecule has 0 amide bonds. The number of aliphatic imine (C=N–C) groups is 1. The molecule has 1 aliphatic heterocycles. The molecule has 1 aromatic carbocycles. The Hall–Kier alpha value is -3.46. The molecule has 36 heavy (non-hydrogen) atoms. The maximum Gasteiger partial charge on any atom is 0.224 e. The summed E-state index contributed by atoms with van der Waals surface area (Å²) >= 11 is 0. The predicted octanol–water partition coefficient (Wildman–Crippen LogP) is 5.19. The van der Waals surface area contributed by atoms with Gasteiger partial charge in [0.2, 0.25) is 11.8 Å². The first kappa shape index (κ1) is 24.2. The number of aromatic nitrogens is 4. The Kier molecular flexibility index (Phi) is 6.91. The van der Waals surface area contributed by atoms with Gasteiger partial charge in [0.05, 0.1) is 30.2 Å². The summed E-state index contributed by atoms with van der Waals surface area (Å²) in [5, 5.41) is 18.9. The molecule has 1 saturated carbocycles. The first-order valence-corrected chi connectivity index (χ1v) is 12.8. The summed E-state index contributed by atoms with van der Waals surface area (Å²) in [6.07, 6.45) is 9.74. The Morgan fingerprint density at radius 1 is 1.14 bits per heavy atom. The third-order valence-electron chi connectivity index (χ3n) is 7.12. The van der Waals surface area contributed by atoms with Gasteiger partial charge in [-0.2, -0.15) is 0 Å². The van der Waals surface area contributed by atoms with E-state index in [9.17, 15) is 5.21 Å². The van der Waals surface area contributed by atoms with Crippen LogP contribution in [-0.4, -0.2) is 42.1 Å². The summed E-state index contributed by atoms with van der Waals surface area (Å²) in [7, 11) is 0. The SMILES string of the molecule is CC(C)(C)c1cn(CC(C2CCCCC2)N2Cc3cc(Oc4ccccc4)ncc3N=C2NO)nn1. The molecule has 0 saturated heterocycles. The molecule has 1 fully saturated rings. The highest BCUT2D eigenvalue weighted by Crippen LogP contribution is 2.35. The summed E-state index contributed by atoms with van der Waals surface area (Å²) < 4.78 is 7.92. The number of benzene rings is 1. The molecule has 1 atom stereocenters. The van der Waals surface area contributed by atoms with Gasteiger partial charge in [-0.05, 0) is 30.9 Å². The minimum absolute atomic E-state index is 0.0654. The molecule has 2 aliphatic rings. The van der Waals surface area contributed by atoms with E-state index < -0.39 is 0 Å². The number of nitrogens with zero attached hydrogens (tertiary/aromatic N) is 6. The van der Waals surface area contributed by atoms with Gasteiger partial charge in [-0.25, -0.2) is 15.5 Å². The van der Waals surface area contributed by atoms with Crippen molar-refractivity contribution in [3.8, 4) is 11.6 Å². The number of hydrogen-bond acceptors (Lipinski definition) is 8. The van der Waals surface area contributed by atoms with Crippen LogP contribution in [0.3, 0.4) is 0 Å². The van der Waals surface area contributed by atoms with E-state index in [1.807, 2.05) is 47.3 Å². The molecule has 1 unspecified atom stereocenters. The van der Waals surface area contributed by atoms with E-state index in [-0.39, 0.29) is 11.5 Å². The van der Waals surface area contributed by atoms with Crippen LogP contribution in [0, 0.1) is 5.92 Å². The van der Waals surface area contributed by atoms with Crippen molar-refractivity contribution in [3.63, 3.8) is 0 Å². The van der Waals surface area contributed by atoms with Gasteiger partial charge in [0.15, 0.2) is 0 Å². The predicted molar refractivity (Wildman–Crippen MR) is 137 cm³/mol. The molecule has 3 heterocycles. The van der Waals surface area contributed by atoms with Gasteiger partial charge >= 0.3 is 0 Å². The van der Waals surface area contributed by atoms with Gasteiger partial charge in [0.1, 0.15) is 5.75 Å². The van der Waals surface area contributed by atoms with Crippen LogP contribution in [0.5, 0.6) is 11.6 Å². The quantitative estimate of drug-likeness (QED) is 0.459. The van der Waals surface area contributed by atoms with E-state index in [0.717, 1.165) is 35.5 Å². The van der Waals surface area contributed by atoms with Gasteiger partial charge in [-0.1, -0.05) is 63.4 Å². The molecule has 9 nitrogen and oxygen atoms in total. The number of hydroxylamine groups is 1. The lowest BCUT2D eigenvalue weighted by Crippen LogP contribution is -2.52. The summed E-state index contributed by atoms with van der Waals surface area (Å²) in [5.41, 5.74) is 4.99. The summed E-state index contributed by atoms with van der Waals surface area (Å²) in [4.78, 5) is 11.3. The highest BCUT2D eigenvalue weighted by atomic mass is 16.5. The zero-order valence-electron chi connectivity index (χ0n) is 21.3. The zero-order chi connectivity index (χ0) is 25.1. The third-order valence-corrected chi connectivity index (χ3v) is 7.12. The van der Waals surface area contributed by atoms with Crippen LogP contribution >= 0.6 is 0 Å². The van der Waals surface area contributed by atoms with Crippen LogP contribution in [-0.2, 0) is 18.5 Å². The van der Waals surface area contributed by atoms with Crippen LogP contribution in [0.4, 0.5) is 5.69 Å². The van der Waals surface area contributed by atoms with Crippen molar-refractivity contribution in [2.75, 3.05) is 0 Å². The first-order chi connectivity index (χ1) is 17.4. The largest absolute Gasteiger partial charge is 0.439 e. The summed E-state index contributed by atoms with van der Waals surface area (Å²) in [6, 6.07) is 11.7. The number of ether oxygens (including phenoxy) is 1. The van der Waals surface area contributed by atoms with Crippen molar-refractivity contribution in [3.05, 3.63) is 60.0 Å². The first-order valence-electron chi connectivity index (χ1n) is 12.8. The summed E-state index contributed by atoms with van der Waals surface area (Å²) in [5.74, 6) is 2.16. The van der Waals surface area contributed by atoms with Gasteiger partial charge < -0.3 is 9.64 Å². The fourth-order valence-electron chi connectivity index (χ4n) is 5.10. The average Bonchev–Trinajstić information content (AvgIpc) is 3.37. The molecule has 1 aliphatic carbocycles. The van der Waals surface area contributed by atoms with Gasteiger partial charge in [0, 0.05) is 29.8 Å². The molecule has 2 N–H and O–H groups in total. The van der Waals surface area contributed by atoms with Gasteiger partial charge in [-0.15, -0.1) is 5.10 Å². The lowest BCUT2D eigenvalue weighted by Gasteiger charge is -2.41. The van der Waals surface area contributed by atoms with Crippen LogP contribution < -0.4 is 10.2 Å². The summed E-state index contributed by atoms with van der Waals surface area (Å²) in [6.45, 7) is 7.68. The van der Waals surface area contributed by atoms with Gasteiger partial charge in [0.25, 0.3) is 0 Å². The minimum Gasteiger partial charge on any atom is -0.439 e. The fourth-order valence-corrected chi connectivity index (χ4v) is 5.10. The number of hydrogen-bond donors (Lipinski definition) is 2. The molecule has 9 heteroatoms. The van der Waals surface area contributed by atoms with Crippen molar-refractivity contribution in [2.24, 2.45) is 10.9 Å². The van der Waals surface area contributed by atoms with E-state index in [0.29, 0.717) is 30.8 Å². The molecule has 2 aromatic heterocycles. The number of guanidine groups is 1. The van der Waals surface area contributed by atoms with Gasteiger partial charge in [-0.3, -0.25) is 9.89 Å². The second-order valence-electron chi connectivity index (χ2n) is 10.8. The highest BCUT2D eigenvalue weighted by Gasteiger charge is 2.34. The van der Waals surface area contributed by atoms with Crippen molar-refractivity contribution < 1.29 is 9.94 Å². The average molecular weight is 490 g/mol. The normalized spacial score (nSPS) is 17.3. The topological polar surface area (TPSA) is 101 Å². The van der Waals surface area contributed by atoms with E-state index in [1.165, 1.54) is 19.3 Å². The second kappa shape index (κ2) is 10.3. The van der Waals surface area contributed by atoms with Crippen molar-refractivity contribution in [1.29, 1.82) is 0 Å². The Labute approximate surface area is 212 Å². The fraction of sp³-hybridized carbons (Fsp3) is 0.481. The second-order valence-corrected chi connectivity index (χ2v) is 10.8. The number of pyridine rings is 1. The standard InChI is InChI=1S/C27H35N7O2/c1-27(2,3)24-18-33(32-30-24)17-23(19-10-6-4-7-11-19)34-16-20-14-25(36-21-12-8-5-9-13-21)28-15-22(20)29-26(34)31-35/h5,8-9,12-15,18-19,23,35H,4,6-7,10-11,16-17H2,1-3H3,(H,29,31). The molecule has 0 radical (unpaired) electrons. The smallest absolute Gasteiger partial charge is 0.224 e. The maximum absolute atomic E-state index is 10.1. The van der Waals surface area contributed by atoms with E-state index >= 15 is 0 Å². The molecular weight excluding hydrogens is 454 g/mol.